The number of hydrogen-bond acceptors (Lipinski definition) is 5. The quantitative estimate of drug-likeness (QED) is 0.646. The van der Waals surface area contributed by atoms with Gasteiger partial charge in [-0.3, -0.25) is 4.79 Å². The molecule has 1 aromatic heterocycles. The van der Waals surface area contributed by atoms with Gasteiger partial charge in [0.05, 0.1) is 23.4 Å². The lowest BCUT2D eigenvalue weighted by atomic mass is 10.3. The SMILES string of the molecule is Cc1ncsc1C(=O)NCCOc1ccccc1N. The highest BCUT2D eigenvalue weighted by molar-refractivity contribution is 7.11. The number of aryl methyl sites for hydroxylation is 1. The van der Waals surface area contributed by atoms with Crippen LogP contribution in [-0.4, -0.2) is 24.0 Å². The zero-order chi connectivity index (χ0) is 13.7. The fourth-order valence-corrected chi connectivity index (χ4v) is 2.26. The van der Waals surface area contributed by atoms with Crippen LogP contribution in [0.3, 0.4) is 0 Å². The molecule has 0 radical (unpaired) electrons. The van der Waals surface area contributed by atoms with E-state index in [0.29, 0.717) is 29.5 Å². The number of nitrogens with zero attached hydrogens (tertiary/aromatic N) is 1. The monoisotopic (exact) mass is 277 g/mol. The van der Waals surface area contributed by atoms with E-state index in [9.17, 15) is 4.79 Å². The molecular weight excluding hydrogens is 262 g/mol. The lowest BCUT2D eigenvalue weighted by Gasteiger charge is -2.09. The highest BCUT2D eigenvalue weighted by Crippen LogP contribution is 2.19. The van der Waals surface area contributed by atoms with Crippen molar-refractivity contribution in [1.82, 2.24) is 10.3 Å². The van der Waals surface area contributed by atoms with Crippen molar-refractivity contribution in [3.8, 4) is 5.75 Å². The van der Waals surface area contributed by atoms with Gasteiger partial charge in [-0.05, 0) is 19.1 Å². The van der Waals surface area contributed by atoms with Crippen molar-refractivity contribution >= 4 is 22.9 Å². The molecule has 3 N–H and O–H groups in total. The summed E-state index contributed by atoms with van der Waals surface area (Å²) in [5, 5.41) is 2.78. The third-order valence-corrected chi connectivity index (χ3v) is 3.44. The van der Waals surface area contributed by atoms with Crippen LogP contribution in [-0.2, 0) is 0 Å². The number of thiazole rings is 1. The normalized spacial score (nSPS) is 10.2. The average molecular weight is 277 g/mol. The zero-order valence-corrected chi connectivity index (χ0v) is 11.4. The third kappa shape index (κ3) is 3.45. The van der Waals surface area contributed by atoms with Gasteiger partial charge in [0.2, 0.25) is 0 Å². The van der Waals surface area contributed by atoms with Gasteiger partial charge in [-0.25, -0.2) is 4.98 Å². The molecule has 1 heterocycles. The summed E-state index contributed by atoms with van der Waals surface area (Å²) >= 11 is 1.33. The first-order valence-electron chi connectivity index (χ1n) is 5.84. The molecule has 1 aromatic carbocycles. The molecule has 0 bridgehead atoms. The van der Waals surface area contributed by atoms with Gasteiger partial charge in [0.25, 0.3) is 5.91 Å². The predicted octanol–water partition coefficient (Wildman–Crippen LogP) is 1.84. The van der Waals surface area contributed by atoms with Crippen LogP contribution in [0.25, 0.3) is 0 Å². The van der Waals surface area contributed by atoms with E-state index in [1.807, 2.05) is 19.1 Å². The second-order valence-electron chi connectivity index (χ2n) is 3.91. The number of nitrogens with one attached hydrogen (secondary N) is 1. The number of anilines is 1. The minimum absolute atomic E-state index is 0.121. The number of nitrogen functional groups attached to an aromatic ring is 1. The Kier molecular flexibility index (Phi) is 4.35. The molecule has 0 saturated carbocycles. The summed E-state index contributed by atoms with van der Waals surface area (Å²) in [5.41, 5.74) is 8.73. The Morgan fingerprint density at radius 2 is 2.26 bits per heavy atom. The number of carbonyl (C=O) groups is 1. The van der Waals surface area contributed by atoms with Gasteiger partial charge in [0.15, 0.2) is 0 Å². The number of para-hydroxylation sites is 2. The van der Waals surface area contributed by atoms with E-state index >= 15 is 0 Å². The van der Waals surface area contributed by atoms with E-state index in [-0.39, 0.29) is 5.91 Å². The molecule has 0 saturated heterocycles. The van der Waals surface area contributed by atoms with Crippen molar-refractivity contribution in [1.29, 1.82) is 0 Å². The molecular formula is C13H15N3O2S. The summed E-state index contributed by atoms with van der Waals surface area (Å²) in [5.74, 6) is 0.510. The maximum absolute atomic E-state index is 11.8. The van der Waals surface area contributed by atoms with E-state index in [1.165, 1.54) is 11.3 Å². The molecule has 2 rings (SSSR count). The number of carbonyl (C=O) groups excluding carboxylic acids is 1. The Bertz CT molecular complexity index is 569. The fraction of sp³-hybridized carbons (Fsp3) is 0.231. The number of aromatic nitrogens is 1. The molecule has 0 aliphatic rings. The van der Waals surface area contributed by atoms with Crippen molar-refractivity contribution in [2.75, 3.05) is 18.9 Å². The van der Waals surface area contributed by atoms with Crippen LogP contribution >= 0.6 is 11.3 Å². The smallest absolute Gasteiger partial charge is 0.263 e. The zero-order valence-electron chi connectivity index (χ0n) is 10.6. The van der Waals surface area contributed by atoms with E-state index in [2.05, 4.69) is 10.3 Å². The van der Waals surface area contributed by atoms with Crippen molar-refractivity contribution in [2.24, 2.45) is 0 Å². The fourth-order valence-electron chi connectivity index (χ4n) is 1.54. The molecule has 0 unspecified atom stereocenters. The summed E-state index contributed by atoms with van der Waals surface area (Å²) in [4.78, 5) is 16.5. The average Bonchev–Trinajstić information content (AvgIpc) is 2.82. The second-order valence-corrected chi connectivity index (χ2v) is 4.76. The van der Waals surface area contributed by atoms with Gasteiger partial charge in [0.1, 0.15) is 17.2 Å². The lowest BCUT2D eigenvalue weighted by Crippen LogP contribution is -2.28. The van der Waals surface area contributed by atoms with Crippen LogP contribution in [0.5, 0.6) is 5.75 Å². The molecule has 0 aliphatic heterocycles. The minimum Gasteiger partial charge on any atom is -0.490 e. The molecule has 100 valence electrons. The summed E-state index contributed by atoms with van der Waals surface area (Å²) in [6.45, 7) is 2.61. The van der Waals surface area contributed by atoms with Crippen LogP contribution in [0.15, 0.2) is 29.8 Å². The molecule has 2 aromatic rings. The van der Waals surface area contributed by atoms with Gasteiger partial charge in [0, 0.05) is 0 Å². The van der Waals surface area contributed by atoms with Crippen molar-refractivity contribution in [3.63, 3.8) is 0 Å². The Morgan fingerprint density at radius 3 is 2.95 bits per heavy atom. The van der Waals surface area contributed by atoms with Gasteiger partial charge >= 0.3 is 0 Å². The van der Waals surface area contributed by atoms with Gasteiger partial charge in [-0.2, -0.15) is 0 Å². The molecule has 5 nitrogen and oxygen atoms in total. The molecule has 6 heteroatoms. The Morgan fingerprint density at radius 1 is 1.47 bits per heavy atom. The summed E-state index contributed by atoms with van der Waals surface area (Å²) < 4.78 is 5.48. The van der Waals surface area contributed by atoms with E-state index < -0.39 is 0 Å². The Hall–Kier alpha value is -2.08. The van der Waals surface area contributed by atoms with Crippen LogP contribution in [0.1, 0.15) is 15.4 Å². The highest BCUT2D eigenvalue weighted by Gasteiger charge is 2.10. The second kappa shape index (κ2) is 6.19. The van der Waals surface area contributed by atoms with E-state index in [4.69, 9.17) is 10.5 Å². The summed E-state index contributed by atoms with van der Waals surface area (Å²) in [6.07, 6.45) is 0. The first-order chi connectivity index (χ1) is 9.18. The number of hydrogen-bond donors (Lipinski definition) is 2. The Balaban J connectivity index is 1.77. The predicted molar refractivity (Wildman–Crippen MR) is 75.5 cm³/mol. The summed E-state index contributed by atoms with van der Waals surface area (Å²) in [6, 6.07) is 7.26. The van der Waals surface area contributed by atoms with Crippen molar-refractivity contribution in [2.45, 2.75) is 6.92 Å². The van der Waals surface area contributed by atoms with Crippen molar-refractivity contribution in [3.05, 3.63) is 40.3 Å². The number of benzene rings is 1. The minimum atomic E-state index is -0.121. The molecule has 1 amide bonds. The molecule has 0 aliphatic carbocycles. The summed E-state index contributed by atoms with van der Waals surface area (Å²) in [7, 11) is 0. The van der Waals surface area contributed by atoms with Crippen LogP contribution in [0.2, 0.25) is 0 Å². The topological polar surface area (TPSA) is 77.2 Å². The van der Waals surface area contributed by atoms with Gasteiger partial charge < -0.3 is 15.8 Å². The first kappa shape index (κ1) is 13.4. The van der Waals surface area contributed by atoms with Crippen molar-refractivity contribution < 1.29 is 9.53 Å². The number of nitrogens with two attached hydrogens (primary N) is 1. The largest absolute Gasteiger partial charge is 0.490 e. The first-order valence-corrected chi connectivity index (χ1v) is 6.72. The molecule has 0 fully saturated rings. The highest BCUT2D eigenvalue weighted by atomic mass is 32.1. The lowest BCUT2D eigenvalue weighted by molar-refractivity contribution is 0.0950. The number of ether oxygens (including phenoxy) is 1. The number of amides is 1. The maximum atomic E-state index is 11.8. The van der Waals surface area contributed by atoms with Gasteiger partial charge in [-0.15, -0.1) is 11.3 Å². The Labute approximate surface area is 115 Å². The third-order valence-electron chi connectivity index (χ3n) is 2.52. The maximum Gasteiger partial charge on any atom is 0.263 e. The van der Waals surface area contributed by atoms with Gasteiger partial charge in [-0.1, -0.05) is 12.1 Å². The van der Waals surface area contributed by atoms with Crippen LogP contribution in [0, 0.1) is 6.92 Å². The molecule has 19 heavy (non-hydrogen) atoms. The standard InChI is InChI=1S/C13H15N3O2S/c1-9-12(19-8-16-9)13(17)15-6-7-18-11-5-3-2-4-10(11)14/h2-5,8H,6-7,14H2,1H3,(H,15,17). The van der Waals surface area contributed by atoms with Crippen LogP contribution in [0.4, 0.5) is 5.69 Å². The number of rotatable bonds is 5. The van der Waals surface area contributed by atoms with Crippen LogP contribution < -0.4 is 15.8 Å². The molecule has 0 atom stereocenters. The van der Waals surface area contributed by atoms with E-state index in [1.54, 1.807) is 17.6 Å². The molecule has 0 spiro atoms. The van der Waals surface area contributed by atoms with E-state index in [0.717, 1.165) is 5.69 Å².